The van der Waals surface area contributed by atoms with Gasteiger partial charge in [-0.05, 0) is 36.8 Å². The molecule has 1 aromatic carbocycles. The second-order valence-corrected chi connectivity index (χ2v) is 4.20. The summed E-state index contributed by atoms with van der Waals surface area (Å²) in [6.45, 7) is 1.91. The standard InChI is InChI=1S/C8H8BrClN2S/c1-4-5(9)2-3-6(7(4)10)12-8(11)13/h2-3H,1H3,(H3,11,12,13). The van der Waals surface area contributed by atoms with Crippen molar-refractivity contribution in [3.05, 3.63) is 27.2 Å². The first-order chi connectivity index (χ1) is 6.02. The van der Waals surface area contributed by atoms with Gasteiger partial charge >= 0.3 is 0 Å². The summed E-state index contributed by atoms with van der Waals surface area (Å²) in [5.41, 5.74) is 7.02. The molecule has 0 fully saturated rings. The second-order valence-electron chi connectivity index (χ2n) is 2.52. The maximum atomic E-state index is 6.03. The summed E-state index contributed by atoms with van der Waals surface area (Å²) in [6.07, 6.45) is 0. The van der Waals surface area contributed by atoms with E-state index in [9.17, 15) is 0 Å². The fourth-order valence-electron chi connectivity index (χ4n) is 0.891. The molecular weight excluding hydrogens is 272 g/mol. The summed E-state index contributed by atoms with van der Waals surface area (Å²) in [5.74, 6) is 0. The smallest absolute Gasteiger partial charge is 0.168 e. The number of halogens is 2. The van der Waals surface area contributed by atoms with Gasteiger partial charge < -0.3 is 11.1 Å². The largest absolute Gasteiger partial charge is 0.376 e. The highest BCUT2D eigenvalue weighted by Gasteiger charge is 2.06. The summed E-state index contributed by atoms with van der Waals surface area (Å²) in [6, 6.07) is 3.71. The number of nitrogens with two attached hydrogens (primary N) is 1. The third-order valence-electron chi connectivity index (χ3n) is 1.58. The molecule has 0 saturated carbocycles. The van der Waals surface area contributed by atoms with Crippen molar-refractivity contribution in [2.45, 2.75) is 6.92 Å². The van der Waals surface area contributed by atoms with Gasteiger partial charge in [0.05, 0.1) is 10.7 Å². The number of hydrogen-bond donors (Lipinski definition) is 2. The zero-order chi connectivity index (χ0) is 10.0. The minimum Gasteiger partial charge on any atom is -0.376 e. The monoisotopic (exact) mass is 278 g/mol. The van der Waals surface area contributed by atoms with Gasteiger partial charge in [0, 0.05) is 4.47 Å². The molecule has 0 atom stereocenters. The first kappa shape index (κ1) is 10.8. The predicted molar refractivity (Wildman–Crippen MR) is 64.3 cm³/mol. The molecule has 0 aliphatic carbocycles. The van der Waals surface area contributed by atoms with E-state index in [4.69, 9.17) is 29.6 Å². The number of hydrogen-bond acceptors (Lipinski definition) is 1. The lowest BCUT2D eigenvalue weighted by Gasteiger charge is -2.09. The second kappa shape index (κ2) is 4.26. The molecule has 0 aliphatic rings. The van der Waals surface area contributed by atoms with Crippen molar-refractivity contribution in [1.29, 1.82) is 0 Å². The molecule has 5 heteroatoms. The molecule has 0 bridgehead atoms. The van der Waals surface area contributed by atoms with E-state index in [-0.39, 0.29) is 5.11 Å². The Bertz CT molecular complexity index is 354. The Morgan fingerprint density at radius 2 is 2.23 bits per heavy atom. The molecule has 3 N–H and O–H groups in total. The minimum absolute atomic E-state index is 0.212. The third kappa shape index (κ3) is 2.56. The van der Waals surface area contributed by atoms with E-state index in [1.165, 1.54) is 0 Å². The van der Waals surface area contributed by atoms with Crippen LogP contribution in [0.2, 0.25) is 5.02 Å². The van der Waals surface area contributed by atoms with Crippen LogP contribution in [0.1, 0.15) is 5.56 Å². The molecule has 0 unspecified atom stereocenters. The first-order valence-corrected chi connectivity index (χ1v) is 5.11. The Labute approximate surface area is 95.6 Å². The van der Waals surface area contributed by atoms with E-state index in [0.717, 1.165) is 15.7 Å². The summed E-state index contributed by atoms with van der Waals surface area (Å²) in [4.78, 5) is 0. The molecule has 0 heterocycles. The normalized spacial score (nSPS) is 9.77. The van der Waals surface area contributed by atoms with Gasteiger partial charge in [0.25, 0.3) is 0 Å². The maximum absolute atomic E-state index is 6.03. The molecule has 0 radical (unpaired) electrons. The molecule has 1 rings (SSSR count). The van der Waals surface area contributed by atoms with Crippen LogP contribution in [0.4, 0.5) is 5.69 Å². The first-order valence-electron chi connectivity index (χ1n) is 3.53. The molecule has 13 heavy (non-hydrogen) atoms. The Morgan fingerprint density at radius 3 is 2.77 bits per heavy atom. The van der Waals surface area contributed by atoms with Crippen LogP contribution >= 0.6 is 39.7 Å². The van der Waals surface area contributed by atoms with Gasteiger partial charge in [-0.1, -0.05) is 27.5 Å². The lowest BCUT2D eigenvalue weighted by Crippen LogP contribution is -2.19. The lowest BCUT2D eigenvalue weighted by atomic mass is 10.2. The van der Waals surface area contributed by atoms with Crippen molar-refractivity contribution in [2.75, 3.05) is 5.32 Å². The average Bonchev–Trinajstić information content (AvgIpc) is 2.06. The van der Waals surface area contributed by atoms with Crippen LogP contribution in [-0.4, -0.2) is 5.11 Å². The van der Waals surface area contributed by atoms with E-state index >= 15 is 0 Å². The van der Waals surface area contributed by atoms with Crippen molar-refractivity contribution in [3.63, 3.8) is 0 Å². The SMILES string of the molecule is Cc1c(Br)ccc(NC(N)=S)c1Cl. The van der Waals surface area contributed by atoms with Crippen LogP contribution in [0.15, 0.2) is 16.6 Å². The van der Waals surface area contributed by atoms with Crippen LogP contribution in [0.25, 0.3) is 0 Å². The van der Waals surface area contributed by atoms with Gasteiger partial charge in [-0.15, -0.1) is 0 Å². The Kier molecular flexibility index (Phi) is 3.53. The number of benzene rings is 1. The van der Waals surface area contributed by atoms with Crippen LogP contribution in [0, 0.1) is 6.92 Å². The van der Waals surface area contributed by atoms with Crippen molar-refractivity contribution in [3.8, 4) is 0 Å². The van der Waals surface area contributed by atoms with Crippen molar-refractivity contribution >= 4 is 50.5 Å². The van der Waals surface area contributed by atoms with Crippen molar-refractivity contribution in [1.82, 2.24) is 0 Å². The van der Waals surface area contributed by atoms with Gasteiger partial charge in [0.1, 0.15) is 0 Å². The zero-order valence-electron chi connectivity index (χ0n) is 6.90. The Morgan fingerprint density at radius 1 is 1.62 bits per heavy atom. The fraction of sp³-hybridized carbons (Fsp3) is 0.125. The van der Waals surface area contributed by atoms with Gasteiger partial charge in [0.15, 0.2) is 5.11 Å². The molecule has 1 aromatic rings. The van der Waals surface area contributed by atoms with Gasteiger partial charge in [-0.25, -0.2) is 0 Å². The van der Waals surface area contributed by atoms with Crippen LogP contribution in [-0.2, 0) is 0 Å². The average molecular weight is 280 g/mol. The number of rotatable bonds is 1. The number of nitrogens with one attached hydrogen (secondary N) is 1. The number of anilines is 1. The van der Waals surface area contributed by atoms with Crippen molar-refractivity contribution < 1.29 is 0 Å². The minimum atomic E-state index is 0.212. The topological polar surface area (TPSA) is 38.0 Å². The van der Waals surface area contributed by atoms with Gasteiger partial charge in [0.2, 0.25) is 0 Å². The highest BCUT2D eigenvalue weighted by Crippen LogP contribution is 2.30. The molecule has 0 amide bonds. The van der Waals surface area contributed by atoms with E-state index in [1.807, 2.05) is 19.1 Å². The zero-order valence-corrected chi connectivity index (χ0v) is 10.1. The summed E-state index contributed by atoms with van der Waals surface area (Å²) in [7, 11) is 0. The van der Waals surface area contributed by atoms with E-state index < -0.39 is 0 Å². The summed E-state index contributed by atoms with van der Waals surface area (Å²) < 4.78 is 0.964. The highest BCUT2D eigenvalue weighted by molar-refractivity contribution is 9.10. The Balaban J connectivity index is 3.10. The highest BCUT2D eigenvalue weighted by atomic mass is 79.9. The predicted octanol–water partition coefficient (Wildman–Crippen LogP) is 3.07. The molecule has 2 nitrogen and oxygen atoms in total. The molecular formula is C8H8BrClN2S. The lowest BCUT2D eigenvalue weighted by molar-refractivity contribution is 1.42. The van der Waals surface area contributed by atoms with Crippen molar-refractivity contribution in [2.24, 2.45) is 5.73 Å². The van der Waals surface area contributed by atoms with Crippen LogP contribution < -0.4 is 11.1 Å². The number of thiocarbonyl (C=S) groups is 1. The van der Waals surface area contributed by atoms with E-state index in [2.05, 4.69) is 21.2 Å². The Hall–Kier alpha value is -0.320. The molecule has 70 valence electrons. The maximum Gasteiger partial charge on any atom is 0.168 e. The fourth-order valence-corrected chi connectivity index (χ4v) is 1.66. The molecule has 0 aromatic heterocycles. The van der Waals surface area contributed by atoms with E-state index in [0.29, 0.717) is 5.02 Å². The third-order valence-corrected chi connectivity index (χ3v) is 3.03. The van der Waals surface area contributed by atoms with Gasteiger partial charge in [-0.2, -0.15) is 0 Å². The van der Waals surface area contributed by atoms with Gasteiger partial charge in [-0.3, -0.25) is 0 Å². The molecule has 0 spiro atoms. The molecule has 0 saturated heterocycles. The quantitative estimate of drug-likeness (QED) is 0.776. The summed E-state index contributed by atoms with van der Waals surface area (Å²) >= 11 is 14.1. The van der Waals surface area contributed by atoms with Crippen LogP contribution in [0.3, 0.4) is 0 Å². The van der Waals surface area contributed by atoms with E-state index in [1.54, 1.807) is 0 Å². The summed E-state index contributed by atoms with van der Waals surface area (Å²) in [5, 5.41) is 3.64. The van der Waals surface area contributed by atoms with Crippen LogP contribution in [0.5, 0.6) is 0 Å². The molecule has 0 aliphatic heterocycles.